The molecule has 7 heteroatoms. The fourth-order valence-electron chi connectivity index (χ4n) is 1.37. The van der Waals surface area contributed by atoms with Gasteiger partial charge in [0.2, 0.25) is 0 Å². The number of benzene rings is 1. The van der Waals surface area contributed by atoms with Gasteiger partial charge in [0.25, 0.3) is 5.91 Å². The minimum atomic E-state index is -1.29. The average Bonchev–Trinajstić information content (AvgIpc) is 2.45. The molecule has 1 heterocycles. The summed E-state index contributed by atoms with van der Waals surface area (Å²) >= 11 is 0. The van der Waals surface area contributed by atoms with Crippen molar-refractivity contribution in [1.82, 2.24) is 10.4 Å². The van der Waals surface area contributed by atoms with E-state index >= 15 is 0 Å². The summed E-state index contributed by atoms with van der Waals surface area (Å²) in [5.41, 5.74) is 2.16. The van der Waals surface area contributed by atoms with Crippen LogP contribution in [0.1, 0.15) is 15.9 Å². The van der Waals surface area contributed by atoms with E-state index in [2.05, 4.69) is 15.5 Å². The molecule has 0 unspecified atom stereocenters. The fraction of sp³-hybridized carbons (Fsp3) is 0. The molecular weight excluding hydrogens is 271 g/mol. The first kappa shape index (κ1) is 13.7. The Morgan fingerprint density at radius 2 is 1.75 bits per heavy atom. The van der Waals surface area contributed by atoms with Crippen molar-refractivity contribution in [2.75, 3.05) is 0 Å². The molecule has 2 aromatic rings. The molecule has 0 spiro atoms. The Hall–Kier alpha value is -2.70. The average molecular weight is 279 g/mol. The number of carbonyl (C=O) groups excluding carboxylic acids is 1. The lowest BCUT2D eigenvalue weighted by atomic mass is 10.2. The van der Waals surface area contributed by atoms with Gasteiger partial charge in [0.05, 0.1) is 6.21 Å². The highest BCUT2D eigenvalue weighted by Gasteiger charge is 2.08. The zero-order chi connectivity index (χ0) is 14.5. The van der Waals surface area contributed by atoms with Gasteiger partial charge in [0.15, 0.2) is 11.6 Å². The monoisotopic (exact) mass is 279 g/mol. The molecule has 1 aromatic heterocycles. The molecule has 0 atom stereocenters. The molecule has 0 bridgehead atoms. The molecule has 0 saturated carbocycles. The van der Waals surface area contributed by atoms with E-state index in [1.807, 2.05) is 0 Å². The molecule has 102 valence electrons. The van der Waals surface area contributed by atoms with Crippen LogP contribution in [0.15, 0.2) is 41.8 Å². The quantitative estimate of drug-likeness (QED) is 0.532. The molecule has 0 aliphatic carbocycles. The van der Waals surface area contributed by atoms with Gasteiger partial charge in [-0.2, -0.15) is 5.10 Å². The Morgan fingerprint density at radius 1 is 1.10 bits per heavy atom. The van der Waals surface area contributed by atoms with E-state index in [0.717, 1.165) is 6.21 Å². The van der Waals surface area contributed by atoms with Crippen molar-refractivity contribution in [3.05, 3.63) is 65.2 Å². The summed E-state index contributed by atoms with van der Waals surface area (Å²) in [5.74, 6) is -4.01. The topological polar surface area (TPSA) is 54.4 Å². The number of pyridine rings is 1. The van der Waals surface area contributed by atoms with Crippen LogP contribution in [0, 0.1) is 17.5 Å². The molecule has 0 saturated heterocycles. The van der Waals surface area contributed by atoms with Crippen molar-refractivity contribution in [3.63, 3.8) is 0 Å². The van der Waals surface area contributed by atoms with Gasteiger partial charge in [0, 0.05) is 29.6 Å². The molecule has 1 amide bonds. The van der Waals surface area contributed by atoms with Crippen LogP contribution in [-0.4, -0.2) is 17.1 Å². The predicted molar refractivity (Wildman–Crippen MR) is 65.6 cm³/mol. The van der Waals surface area contributed by atoms with Crippen LogP contribution in [0.4, 0.5) is 13.2 Å². The lowest BCUT2D eigenvalue weighted by Crippen LogP contribution is -2.17. The normalized spacial score (nSPS) is 10.8. The third kappa shape index (κ3) is 3.19. The Balaban J connectivity index is 2.08. The van der Waals surface area contributed by atoms with Gasteiger partial charge < -0.3 is 0 Å². The first-order chi connectivity index (χ1) is 9.58. The second kappa shape index (κ2) is 5.96. The summed E-state index contributed by atoms with van der Waals surface area (Å²) in [6.45, 7) is 0. The maximum absolute atomic E-state index is 13.3. The minimum absolute atomic E-state index is 0.279. The van der Waals surface area contributed by atoms with Crippen molar-refractivity contribution < 1.29 is 18.0 Å². The van der Waals surface area contributed by atoms with Gasteiger partial charge in [-0.25, -0.2) is 18.6 Å². The van der Waals surface area contributed by atoms with E-state index in [4.69, 9.17) is 0 Å². The number of hydrogen-bond donors (Lipinski definition) is 1. The molecule has 0 radical (unpaired) electrons. The van der Waals surface area contributed by atoms with Crippen molar-refractivity contribution in [1.29, 1.82) is 0 Å². The Kier molecular flexibility index (Phi) is 4.09. The van der Waals surface area contributed by atoms with E-state index in [-0.39, 0.29) is 5.56 Å². The highest BCUT2D eigenvalue weighted by Crippen LogP contribution is 2.11. The number of hydrogen-bond acceptors (Lipinski definition) is 3. The number of halogens is 3. The SMILES string of the molecule is O=C(N/N=C\c1cc(F)c(F)cc1F)c1ccncc1. The van der Waals surface area contributed by atoms with Crippen molar-refractivity contribution in [2.24, 2.45) is 5.10 Å². The smallest absolute Gasteiger partial charge is 0.267 e. The lowest BCUT2D eigenvalue weighted by molar-refractivity contribution is 0.0955. The summed E-state index contributed by atoms with van der Waals surface area (Å²) in [5, 5.41) is 3.48. The lowest BCUT2D eigenvalue weighted by Gasteiger charge is -2.00. The first-order valence-electron chi connectivity index (χ1n) is 5.46. The molecule has 1 aromatic carbocycles. The van der Waals surface area contributed by atoms with Crippen LogP contribution in [0.2, 0.25) is 0 Å². The van der Waals surface area contributed by atoms with Crippen LogP contribution in [0.3, 0.4) is 0 Å². The standard InChI is InChI=1S/C13H8F3N3O/c14-10-6-12(16)11(15)5-9(10)7-18-19-13(20)8-1-3-17-4-2-8/h1-7H,(H,19,20)/b18-7-. The van der Waals surface area contributed by atoms with Crippen LogP contribution >= 0.6 is 0 Å². The predicted octanol–water partition coefficient (Wildman–Crippen LogP) is 2.26. The third-order valence-electron chi connectivity index (χ3n) is 2.35. The van der Waals surface area contributed by atoms with Crippen molar-refractivity contribution in [2.45, 2.75) is 0 Å². The number of aromatic nitrogens is 1. The summed E-state index contributed by atoms with van der Waals surface area (Å²) in [6.07, 6.45) is 3.73. The van der Waals surface area contributed by atoms with Gasteiger partial charge >= 0.3 is 0 Å². The largest absolute Gasteiger partial charge is 0.271 e. The number of nitrogens with one attached hydrogen (secondary N) is 1. The van der Waals surface area contributed by atoms with Crippen LogP contribution in [0.25, 0.3) is 0 Å². The highest BCUT2D eigenvalue weighted by molar-refractivity contribution is 5.94. The van der Waals surface area contributed by atoms with E-state index in [1.54, 1.807) is 0 Å². The van der Waals surface area contributed by atoms with Gasteiger partial charge in [-0.1, -0.05) is 0 Å². The van der Waals surface area contributed by atoms with Crippen LogP contribution in [0.5, 0.6) is 0 Å². The third-order valence-corrected chi connectivity index (χ3v) is 2.35. The molecular formula is C13H8F3N3O. The van der Waals surface area contributed by atoms with Gasteiger partial charge in [-0.15, -0.1) is 0 Å². The minimum Gasteiger partial charge on any atom is -0.267 e. The second-order valence-electron chi connectivity index (χ2n) is 3.72. The Bertz CT molecular complexity index is 659. The molecule has 0 aliphatic rings. The molecule has 20 heavy (non-hydrogen) atoms. The maximum Gasteiger partial charge on any atom is 0.271 e. The van der Waals surface area contributed by atoms with Gasteiger partial charge in [0.1, 0.15) is 5.82 Å². The zero-order valence-electron chi connectivity index (χ0n) is 9.98. The number of carbonyl (C=O) groups is 1. The number of rotatable bonds is 3. The number of amides is 1. The number of nitrogens with zero attached hydrogens (tertiary/aromatic N) is 2. The molecule has 0 fully saturated rings. The first-order valence-corrected chi connectivity index (χ1v) is 5.46. The van der Waals surface area contributed by atoms with Crippen molar-refractivity contribution in [3.8, 4) is 0 Å². The highest BCUT2D eigenvalue weighted by atomic mass is 19.2. The molecule has 2 rings (SSSR count). The molecule has 4 nitrogen and oxygen atoms in total. The van der Waals surface area contributed by atoms with Crippen molar-refractivity contribution >= 4 is 12.1 Å². The van der Waals surface area contributed by atoms with E-state index in [9.17, 15) is 18.0 Å². The summed E-state index contributed by atoms with van der Waals surface area (Å²) in [6, 6.07) is 3.97. The van der Waals surface area contributed by atoms with E-state index in [0.29, 0.717) is 17.7 Å². The van der Waals surface area contributed by atoms with Gasteiger partial charge in [-0.05, 0) is 18.2 Å². The molecule has 0 aliphatic heterocycles. The second-order valence-corrected chi connectivity index (χ2v) is 3.72. The zero-order valence-corrected chi connectivity index (χ0v) is 9.98. The van der Waals surface area contributed by atoms with E-state index in [1.165, 1.54) is 24.5 Å². The Labute approximate surface area is 112 Å². The summed E-state index contributed by atoms with van der Waals surface area (Å²) in [7, 11) is 0. The van der Waals surface area contributed by atoms with Crippen LogP contribution < -0.4 is 5.43 Å². The van der Waals surface area contributed by atoms with E-state index < -0.39 is 23.4 Å². The Morgan fingerprint density at radius 3 is 2.45 bits per heavy atom. The van der Waals surface area contributed by atoms with Crippen LogP contribution in [-0.2, 0) is 0 Å². The summed E-state index contributed by atoms with van der Waals surface area (Å²) < 4.78 is 38.9. The van der Waals surface area contributed by atoms with Gasteiger partial charge in [-0.3, -0.25) is 9.78 Å². The number of hydrazone groups is 1. The molecule has 1 N–H and O–H groups in total. The fourth-order valence-corrected chi connectivity index (χ4v) is 1.37. The summed E-state index contributed by atoms with van der Waals surface area (Å²) in [4.78, 5) is 15.3. The maximum atomic E-state index is 13.3.